The Bertz CT molecular complexity index is 2480. The van der Waals surface area contributed by atoms with Crippen molar-refractivity contribution in [3.63, 3.8) is 0 Å². The Labute approximate surface area is 299 Å². The molecule has 8 nitrogen and oxygen atoms in total. The maximum absolute atomic E-state index is 12.3. The maximum atomic E-state index is 12.3. The molecule has 254 valence electrons. The monoisotopic (exact) mass is 828 g/mol. The summed E-state index contributed by atoms with van der Waals surface area (Å²) < 4.78 is 75.4. The van der Waals surface area contributed by atoms with Gasteiger partial charge in [-0.3, -0.25) is 0 Å². The van der Waals surface area contributed by atoms with E-state index in [-0.39, 0.29) is 41.3 Å². The van der Waals surface area contributed by atoms with E-state index in [2.05, 4.69) is 74.2 Å². The SMILES string of the molecule is CC1=C(C=C2[Se]c3ccc4ccccc4c3N2CCCS(=O)(=O)[O-])CC(C)(C)CC1=Cc1[se]c2ccc3ccccc3c2[n+]1CS(=O)(=O)O. The molecule has 0 saturated heterocycles. The van der Waals surface area contributed by atoms with Gasteiger partial charge in [-0.2, -0.15) is 0 Å². The van der Waals surface area contributed by atoms with Gasteiger partial charge in [-0.15, -0.1) is 0 Å². The Kier molecular flexibility index (Phi) is 9.08. The molecule has 0 spiro atoms. The molecule has 49 heavy (non-hydrogen) atoms. The van der Waals surface area contributed by atoms with Crippen LogP contribution in [0.25, 0.3) is 37.4 Å². The fourth-order valence-electron chi connectivity index (χ4n) is 7.06. The predicted octanol–water partition coefficient (Wildman–Crippen LogP) is 5.48. The van der Waals surface area contributed by atoms with Crippen molar-refractivity contribution < 1.29 is 30.5 Å². The molecule has 1 aromatic heterocycles. The van der Waals surface area contributed by atoms with E-state index in [0.717, 1.165) is 70.2 Å². The van der Waals surface area contributed by atoms with E-state index >= 15 is 0 Å². The number of nitrogens with zero attached hydrogens (tertiary/aromatic N) is 2. The first-order chi connectivity index (χ1) is 23.2. The summed E-state index contributed by atoms with van der Waals surface area (Å²) in [5.74, 6) is -0.926. The van der Waals surface area contributed by atoms with Gasteiger partial charge < -0.3 is 0 Å². The Morgan fingerprint density at radius 2 is 1.59 bits per heavy atom. The standard InChI is InChI=1S/C37H36N2O6S2Se2/c1-24-27(19-33-38(17-8-18-46(40,41)42)35-29-11-6-4-9-25(29)13-15-31(35)48-33)21-37(2,3)22-28(24)20-34-39(23-47(43,44)45)36-30-12-7-5-10-26(30)14-16-32(36)49-34/h4-7,9-16,19-20H,8,17-18,21-23H2,1-3H3,(H-,40,41,42,43,44,45). The van der Waals surface area contributed by atoms with Crippen LogP contribution in [0.4, 0.5) is 5.69 Å². The van der Waals surface area contributed by atoms with Crippen LogP contribution in [-0.2, 0) is 26.1 Å². The normalized spacial score (nSPS) is 18.4. The fraction of sp³-hybridized carbons (Fsp3) is 0.270. The summed E-state index contributed by atoms with van der Waals surface area (Å²) in [6.07, 6.45) is 6.30. The van der Waals surface area contributed by atoms with Gasteiger partial charge in [-0.1, -0.05) is 0 Å². The first-order valence-corrected chi connectivity index (χ1v) is 22.6. The van der Waals surface area contributed by atoms with Crippen molar-refractivity contribution >= 4 is 97.2 Å². The topological polar surface area (TPSA) is 119 Å². The molecule has 2 heterocycles. The quantitative estimate of drug-likeness (QED) is 0.125. The molecule has 0 saturated carbocycles. The van der Waals surface area contributed by atoms with Crippen molar-refractivity contribution in [2.24, 2.45) is 5.41 Å². The molecular weight excluding hydrogens is 790 g/mol. The van der Waals surface area contributed by atoms with Crippen molar-refractivity contribution in [1.82, 2.24) is 0 Å². The average Bonchev–Trinajstić information content (AvgIpc) is 3.55. The van der Waals surface area contributed by atoms with Crippen LogP contribution in [0.2, 0.25) is 0 Å². The van der Waals surface area contributed by atoms with E-state index < -0.39 is 31.9 Å². The number of benzene rings is 4. The second-order valence-corrected chi connectivity index (χ2v) is 20.9. The predicted molar refractivity (Wildman–Crippen MR) is 198 cm³/mol. The first-order valence-electron chi connectivity index (χ1n) is 16.0. The van der Waals surface area contributed by atoms with Crippen LogP contribution in [0, 0.1) is 5.41 Å². The minimum atomic E-state index is -4.34. The molecule has 5 aromatic rings. The number of allylic oxidation sites excluding steroid dienone is 4. The molecule has 1 N–H and O–H groups in total. The van der Waals surface area contributed by atoms with Crippen molar-refractivity contribution in [1.29, 1.82) is 0 Å². The third kappa shape index (κ3) is 7.25. The van der Waals surface area contributed by atoms with Gasteiger partial charge in [-0.25, -0.2) is 0 Å². The molecule has 0 amide bonds. The van der Waals surface area contributed by atoms with E-state index in [4.69, 9.17) is 0 Å². The summed E-state index contributed by atoms with van der Waals surface area (Å²) in [7, 11) is -8.65. The first kappa shape index (κ1) is 34.4. The fourth-order valence-corrected chi connectivity index (χ4v) is 13.2. The molecule has 1 aliphatic carbocycles. The van der Waals surface area contributed by atoms with Crippen molar-refractivity contribution in [3.8, 4) is 0 Å². The molecular formula is C37H36N2O6S2Se2. The van der Waals surface area contributed by atoms with Gasteiger partial charge in [-0.05, 0) is 0 Å². The van der Waals surface area contributed by atoms with Crippen LogP contribution in [0.15, 0.2) is 100 Å². The summed E-state index contributed by atoms with van der Waals surface area (Å²) in [5, 5.41) is 4.19. The van der Waals surface area contributed by atoms with Gasteiger partial charge in [0, 0.05) is 0 Å². The van der Waals surface area contributed by atoms with E-state index in [9.17, 15) is 25.9 Å². The van der Waals surface area contributed by atoms with E-state index in [0.29, 0.717) is 6.54 Å². The molecule has 0 bridgehead atoms. The molecule has 7 rings (SSSR count). The van der Waals surface area contributed by atoms with Crippen LogP contribution >= 0.6 is 0 Å². The number of hydrogen-bond donors (Lipinski definition) is 1. The Hall–Kier alpha value is -3.05. The molecule has 0 unspecified atom stereocenters. The summed E-state index contributed by atoms with van der Waals surface area (Å²) >= 11 is -0.208. The Balaban J connectivity index is 1.36. The Morgan fingerprint density at radius 3 is 2.31 bits per heavy atom. The molecule has 2 aliphatic rings. The van der Waals surface area contributed by atoms with Gasteiger partial charge in [0.2, 0.25) is 0 Å². The van der Waals surface area contributed by atoms with Gasteiger partial charge >= 0.3 is 301 Å². The minimum absolute atomic E-state index is 0.0350. The van der Waals surface area contributed by atoms with Crippen LogP contribution in [0.3, 0.4) is 0 Å². The third-order valence-corrected chi connectivity index (χ3v) is 15.2. The number of aromatic nitrogens is 1. The van der Waals surface area contributed by atoms with Crippen LogP contribution in [-0.4, -0.2) is 67.7 Å². The third-order valence-electron chi connectivity index (χ3n) is 9.19. The number of rotatable bonds is 8. The van der Waals surface area contributed by atoms with Crippen LogP contribution in [0.5, 0.6) is 0 Å². The van der Waals surface area contributed by atoms with Gasteiger partial charge in [0.1, 0.15) is 0 Å². The number of fused-ring (bicyclic) bond motifs is 6. The second-order valence-electron chi connectivity index (χ2n) is 13.5. The van der Waals surface area contributed by atoms with Crippen molar-refractivity contribution in [2.75, 3.05) is 17.2 Å². The second kappa shape index (κ2) is 12.9. The van der Waals surface area contributed by atoms with Gasteiger partial charge in [0.25, 0.3) is 0 Å². The Morgan fingerprint density at radius 1 is 0.918 bits per heavy atom. The zero-order valence-corrected chi connectivity index (χ0v) is 32.4. The molecule has 1 aliphatic heterocycles. The molecule has 12 heteroatoms. The summed E-state index contributed by atoms with van der Waals surface area (Å²) in [5.41, 5.74) is 5.32. The zero-order valence-electron chi connectivity index (χ0n) is 27.3. The summed E-state index contributed by atoms with van der Waals surface area (Å²) in [6, 6.07) is 24.5. The van der Waals surface area contributed by atoms with Crippen LogP contribution in [0.1, 0.15) is 44.6 Å². The van der Waals surface area contributed by atoms with Crippen molar-refractivity contribution in [3.05, 3.63) is 105 Å². The zero-order chi connectivity index (χ0) is 34.7. The van der Waals surface area contributed by atoms with Gasteiger partial charge in [0.15, 0.2) is 0 Å². The molecule has 0 radical (unpaired) electrons. The van der Waals surface area contributed by atoms with Crippen LogP contribution < -0.4 is 13.9 Å². The summed E-state index contributed by atoms with van der Waals surface area (Å²) in [4.78, 5) is 2.22. The van der Waals surface area contributed by atoms with Crippen molar-refractivity contribution in [2.45, 2.75) is 45.9 Å². The number of hydrogen-bond acceptors (Lipinski definition) is 6. The summed E-state index contributed by atoms with van der Waals surface area (Å²) in [6.45, 7) is 7.04. The van der Waals surface area contributed by atoms with E-state index in [1.165, 1.54) is 10.0 Å². The molecule has 4 aromatic carbocycles. The molecule has 0 fully saturated rings. The van der Waals surface area contributed by atoms with Gasteiger partial charge in [0.05, 0.1) is 0 Å². The number of anilines is 1. The molecule has 0 atom stereocenters. The average molecular weight is 827 g/mol. The van der Waals surface area contributed by atoms with E-state index in [1.807, 2.05) is 36.4 Å². The van der Waals surface area contributed by atoms with E-state index in [1.54, 1.807) is 4.57 Å².